The predicted octanol–water partition coefficient (Wildman–Crippen LogP) is 1.09. The zero-order valence-electron chi connectivity index (χ0n) is 9.33. The van der Waals surface area contributed by atoms with E-state index in [9.17, 15) is 9.59 Å². The molecule has 2 rings (SSSR count). The third kappa shape index (κ3) is 1.66. The molecule has 1 aromatic carbocycles. The molecule has 1 aliphatic rings. The fourth-order valence-corrected chi connectivity index (χ4v) is 1.78. The van der Waals surface area contributed by atoms with Gasteiger partial charge in [-0.3, -0.25) is 10.1 Å². The Kier molecular flexibility index (Phi) is 2.42. The lowest BCUT2D eigenvalue weighted by molar-refractivity contribution is -0.125. The monoisotopic (exact) mass is 218 g/mol. The van der Waals surface area contributed by atoms with Crippen LogP contribution in [0.2, 0.25) is 0 Å². The zero-order chi connectivity index (χ0) is 11.8. The Morgan fingerprint density at radius 3 is 2.38 bits per heavy atom. The molecule has 3 amide bonds. The van der Waals surface area contributed by atoms with Crippen LogP contribution in [0.25, 0.3) is 0 Å². The number of carbonyl (C=O) groups is 2. The van der Waals surface area contributed by atoms with Gasteiger partial charge >= 0.3 is 6.03 Å². The fourth-order valence-electron chi connectivity index (χ4n) is 1.78. The Bertz CT molecular complexity index is 439. The highest BCUT2D eigenvalue weighted by Crippen LogP contribution is 2.25. The number of carbonyl (C=O) groups excluding carboxylic acids is 2. The molecule has 0 saturated carbocycles. The minimum Gasteiger partial charge on any atom is -0.336 e. The molecule has 1 saturated heterocycles. The average Bonchev–Trinajstić information content (AvgIpc) is 2.25. The number of urea groups is 1. The van der Waals surface area contributed by atoms with Crippen LogP contribution in [0.15, 0.2) is 24.3 Å². The summed E-state index contributed by atoms with van der Waals surface area (Å²) in [5.74, 6) is -0.250. The van der Waals surface area contributed by atoms with Gasteiger partial charge in [0.1, 0.15) is 0 Å². The quantitative estimate of drug-likeness (QED) is 0.741. The molecule has 16 heavy (non-hydrogen) atoms. The molecule has 1 heterocycles. The summed E-state index contributed by atoms with van der Waals surface area (Å²) in [5.41, 5.74) is 1.38. The van der Waals surface area contributed by atoms with Crippen LogP contribution in [0.4, 0.5) is 4.79 Å². The van der Waals surface area contributed by atoms with Crippen molar-refractivity contribution in [3.05, 3.63) is 35.4 Å². The molecule has 0 aromatic heterocycles. The van der Waals surface area contributed by atoms with Crippen molar-refractivity contribution in [3.8, 4) is 0 Å². The van der Waals surface area contributed by atoms with Crippen molar-refractivity contribution < 1.29 is 9.59 Å². The van der Waals surface area contributed by atoms with E-state index in [0.29, 0.717) is 6.54 Å². The molecule has 0 unspecified atom stereocenters. The van der Waals surface area contributed by atoms with Gasteiger partial charge in [0.25, 0.3) is 0 Å². The van der Waals surface area contributed by atoms with Gasteiger partial charge in [0, 0.05) is 6.54 Å². The van der Waals surface area contributed by atoms with Crippen molar-refractivity contribution in [2.45, 2.75) is 19.3 Å². The van der Waals surface area contributed by atoms with Crippen molar-refractivity contribution in [1.29, 1.82) is 0 Å². The highest BCUT2D eigenvalue weighted by Gasteiger charge is 2.39. The maximum atomic E-state index is 11.8. The molecule has 0 spiro atoms. The number of hydrogen-bond donors (Lipinski definition) is 2. The summed E-state index contributed by atoms with van der Waals surface area (Å²) in [6, 6.07) is 7.35. The third-order valence-electron chi connectivity index (χ3n) is 3.02. The van der Waals surface area contributed by atoms with E-state index in [1.54, 1.807) is 0 Å². The molecule has 1 atom stereocenters. The van der Waals surface area contributed by atoms with E-state index in [1.165, 1.54) is 0 Å². The van der Waals surface area contributed by atoms with Crippen molar-refractivity contribution in [2.24, 2.45) is 0 Å². The molecular weight excluding hydrogens is 204 g/mol. The number of amides is 3. The van der Waals surface area contributed by atoms with Gasteiger partial charge in [0.15, 0.2) is 0 Å². The molecule has 4 nitrogen and oxygen atoms in total. The summed E-state index contributed by atoms with van der Waals surface area (Å²) in [6.07, 6.45) is 0. The van der Waals surface area contributed by atoms with E-state index in [0.717, 1.165) is 11.1 Å². The van der Waals surface area contributed by atoms with Gasteiger partial charge in [-0.15, -0.1) is 0 Å². The molecule has 1 aromatic rings. The van der Waals surface area contributed by atoms with Gasteiger partial charge in [-0.1, -0.05) is 29.8 Å². The average molecular weight is 218 g/mol. The van der Waals surface area contributed by atoms with Gasteiger partial charge in [-0.25, -0.2) is 4.79 Å². The molecule has 4 heteroatoms. The number of hydrogen-bond acceptors (Lipinski definition) is 2. The maximum absolute atomic E-state index is 11.8. The third-order valence-corrected chi connectivity index (χ3v) is 3.02. The van der Waals surface area contributed by atoms with Crippen LogP contribution in [0.3, 0.4) is 0 Å². The van der Waals surface area contributed by atoms with Crippen LogP contribution in [0.5, 0.6) is 0 Å². The van der Waals surface area contributed by atoms with Gasteiger partial charge in [-0.05, 0) is 19.4 Å². The lowest BCUT2D eigenvalue weighted by Gasteiger charge is -2.32. The summed E-state index contributed by atoms with van der Waals surface area (Å²) in [5, 5.41) is 4.94. The van der Waals surface area contributed by atoms with Crippen molar-refractivity contribution >= 4 is 11.9 Å². The Hall–Kier alpha value is -1.84. The van der Waals surface area contributed by atoms with E-state index in [4.69, 9.17) is 0 Å². The molecule has 1 fully saturated rings. The predicted molar refractivity (Wildman–Crippen MR) is 60.1 cm³/mol. The normalized spacial score (nSPS) is 24.9. The van der Waals surface area contributed by atoms with Crippen LogP contribution in [0.1, 0.15) is 18.1 Å². The minimum absolute atomic E-state index is 0.250. The van der Waals surface area contributed by atoms with Crippen molar-refractivity contribution in [2.75, 3.05) is 6.54 Å². The molecule has 84 valence electrons. The zero-order valence-corrected chi connectivity index (χ0v) is 9.33. The Morgan fingerprint density at radius 1 is 1.19 bits per heavy atom. The second-order valence-corrected chi connectivity index (χ2v) is 4.33. The summed E-state index contributed by atoms with van der Waals surface area (Å²) >= 11 is 0. The van der Waals surface area contributed by atoms with E-state index < -0.39 is 11.4 Å². The molecule has 1 aliphatic heterocycles. The second kappa shape index (κ2) is 3.63. The van der Waals surface area contributed by atoms with Crippen LogP contribution in [0, 0.1) is 6.92 Å². The van der Waals surface area contributed by atoms with Gasteiger partial charge in [-0.2, -0.15) is 0 Å². The van der Waals surface area contributed by atoms with E-state index >= 15 is 0 Å². The standard InChI is InChI=1S/C12H14N2O2/c1-8-3-5-9(6-4-8)12(2)7-13-11(16)14-10(12)15/h3-6H,7H2,1-2H3,(H2,13,14,15,16)/t12-/m0/s1. The maximum Gasteiger partial charge on any atom is 0.321 e. The van der Waals surface area contributed by atoms with E-state index in [2.05, 4.69) is 10.6 Å². The van der Waals surface area contributed by atoms with Crippen LogP contribution in [-0.4, -0.2) is 18.5 Å². The van der Waals surface area contributed by atoms with Crippen LogP contribution < -0.4 is 10.6 Å². The SMILES string of the molecule is Cc1ccc([C@]2(C)CNC(=O)NC2=O)cc1. The lowest BCUT2D eigenvalue weighted by Crippen LogP contribution is -2.59. The number of rotatable bonds is 1. The fraction of sp³-hybridized carbons (Fsp3) is 0.333. The molecular formula is C12H14N2O2. The molecule has 0 radical (unpaired) electrons. The number of aryl methyl sites for hydroxylation is 1. The highest BCUT2D eigenvalue weighted by atomic mass is 16.2. The number of imide groups is 1. The largest absolute Gasteiger partial charge is 0.336 e. The van der Waals surface area contributed by atoms with Gasteiger partial charge in [0.05, 0.1) is 5.41 Å². The molecule has 0 bridgehead atoms. The lowest BCUT2D eigenvalue weighted by atomic mass is 9.80. The number of benzene rings is 1. The van der Waals surface area contributed by atoms with Crippen molar-refractivity contribution in [3.63, 3.8) is 0 Å². The first-order chi connectivity index (χ1) is 7.52. The first kappa shape index (κ1) is 10.7. The van der Waals surface area contributed by atoms with Crippen LogP contribution >= 0.6 is 0 Å². The summed E-state index contributed by atoms with van der Waals surface area (Å²) in [4.78, 5) is 22.8. The highest BCUT2D eigenvalue weighted by molar-refractivity contribution is 6.02. The second-order valence-electron chi connectivity index (χ2n) is 4.33. The van der Waals surface area contributed by atoms with Gasteiger partial charge in [0.2, 0.25) is 5.91 Å². The summed E-state index contributed by atoms with van der Waals surface area (Å²) < 4.78 is 0. The summed E-state index contributed by atoms with van der Waals surface area (Å²) in [6.45, 7) is 4.15. The Balaban J connectivity index is 2.34. The van der Waals surface area contributed by atoms with E-state index in [1.807, 2.05) is 38.1 Å². The van der Waals surface area contributed by atoms with Gasteiger partial charge < -0.3 is 5.32 Å². The van der Waals surface area contributed by atoms with E-state index in [-0.39, 0.29) is 5.91 Å². The molecule has 0 aliphatic carbocycles. The number of nitrogens with one attached hydrogen (secondary N) is 2. The first-order valence-corrected chi connectivity index (χ1v) is 5.19. The Morgan fingerprint density at radius 2 is 1.81 bits per heavy atom. The smallest absolute Gasteiger partial charge is 0.321 e. The molecule has 2 N–H and O–H groups in total. The first-order valence-electron chi connectivity index (χ1n) is 5.19. The summed E-state index contributed by atoms with van der Waals surface area (Å²) in [7, 11) is 0. The minimum atomic E-state index is -0.679. The van der Waals surface area contributed by atoms with Crippen LogP contribution in [-0.2, 0) is 10.2 Å². The van der Waals surface area contributed by atoms with Crippen molar-refractivity contribution in [1.82, 2.24) is 10.6 Å². The Labute approximate surface area is 94.0 Å². The topological polar surface area (TPSA) is 58.2 Å².